The largest absolute Gasteiger partial charge is 0.481 e. The predicted molar refractivity (Wildman–Crippen MR) is 137 cm³/mol. The number of carboxylic acids is 1. The fourth-order valence-electron chi connectivity index (χ4n) is 9.45. The highest BCUT2D eigenvalue weighted by Gasteiger charge is 2.68. The number of fused-ring (bicyclic) bond motifs is 4. The van der Waals surface area contributed by atoms with E-state index >= 15 is 0 Å². The molecule has 0 amide bonds. The van der Waals surface area contributed by atoms with Gasteiger partial charge < -0.3 is 15.3 Å². The molecule has 0 bridgehead atoms. The van der Waals surface area contributed by atoms with Crippen LogP contribution < -0.4 is 0 Å². The van der Waals surface area contributed by atoms with Gasteiger partial charge in [-0.2, -0.15) is 0 Å². The first-order valence-electron chi connectivity index (χ1n) is 13.9. The zero-order valence-electron chi connectivity index (χ0n) is 23.2. The molecule has 0 spiro atoms. The molecule has 6 nitrogen and oxygen atoms in total. The zero-order chi connectivity index (χ0) is 27.0. The Labute approximate surface area is 215 Å². The van der Waals surface area contributed by atoms with Crippen molar-refractivity contribution >= 4 is 17.5 Å². The van der Waals surface area contributed by atoms with Gasteiger partial charge in [-0.3, -0.25) is 14.4 Å². The van der Waals surface area contributed by atoms with Crippen LogP contribution in [-0.2, 0) is 14.4 Å². The Morgan fingerprint density at radius 1 is 1.00 bits per heavy atom. The van der Waals surface area contributed by atoms with Crippen molar-refractivity contribution in [2.75, 3.05) is 0 Å². The molecule has 0 aliphatic heterocycles. The molecule has 3 N–H and O–H groups in total. The standard InChI is InChI=1S/C30H46O6/c1-16(12-18(31)13-17(2)26(35)36)20-14-24(34)30(7)19-8-9-22-27(3,4)23(33)10-11-28(22,5)25(19)21(32)15-29(20,30)6/h16-17,20,22-24,33-34H,8-15H2,1-7H3,(H,35,36)/t16-,17-,20-,22-,23-,24-,28+,29-,30-/m0/s1. The number of ketones is 2. The number of aliphatic hydroxyl groups excluding tert-OH is 2. The lowest BCUT2D eigenvalue weighted by Crippen LogP contribution is -2.58. The predicted octanol–water partition coefficient (Wildman–Crippen LogP) is 4.95. The van der Waals surface area contributed by atoms with Crippen molar-refractivity contribution in [3.8, 4) is 0 Å². The second-order valence-corrected chi connectivity index (χ2v) is 14.0. The normalized spacial score (nSPS) is 43.3. The van der Waals surface area contributed by atoms with Crippen LogP contribution in [-0.4, -0.2) is 45.1 Å². The minimum atomic E-state index is -0.966. The summed E-state index contributed by atoms with van der Waals surface area (Å²) in [5.74, 6) is -1.40. The third-order valence-electron chi connectivity index (χ3n) is 11.8. The van der Waals surface area contributed by atoms with Crippen molar-refractivity contribution in [3.63, 3.8) is 0 Å². The SMILES string of the molecule is C[C@@H](CC(=O)C[C@H](C)[C@@H]1C[C@H](O)[C@]2(C)C3=C(C(=O)C[C@@]12C)[C@]1(C)CC[C@H](O)C(C)(C)[C@@H]1CC3)C(=O)O. The molecule has 6 heteroatoms. The number of aliphatic carboxylic acids is 1. The van der Waals surface area contributed by atoms with E-state index in [1.54, 1.807) is 6.92 Å². The third-order valence-corrected chi connectivity index (χ3v) is 11.8. The van der Waals surface area contributed by atoms with Gasteiger partial charge in [0.1, 0.15) is 5.78 Å². The van der Waals surface area contributed by atoms with E-state index in [-0.39, 0.29) is 59.1 Å². The number of hydrogen-bond acceptors (Lipinski definition) is 5. The van der Waals surface area contributed by atoms with Gasteiger partial charge in [-0.15, -0.1) is 0 Å². The van der Waals surface area contributed by atoms with Crippen molar-refractivity contribution in [2.45, 2.75) is 112 Å². The van der Waals surface area contributed by atoms with Crippen LogP contribution in [0.2, 0.25) is 0 Å². The van der Waals surface area contributed by atoms with E-state index in [1.807, 2.05) is 6.92 Å². The van der Waals surface area contributed by atoms with Gasteiger partial charge in [0.25, 0.3) is 0 Å². The summed E-state index contributed by atoms with van der Waals surface area (Å²) in [5.41, 5.74) is 0.474. The number of allylic oxidation sites excluding steroid dienone is 1. The highest BCUT2D eigenvalue weighted by molar-refractivity contribution is 6.00. The van der Waals surface area contributed by atoms with Gasteiger partial charge in [0.05, 0.1) is 18.1 Å². The quantitative estimate of drug-likeness (QED) is 0.474. The van der Waals surface area contributed by atoms with Crippen LogP contribution >= 0.6 is 0 Å². The topological polar surface area (TPSA) is 112 Å². The lowest BCUT2D eigenvalue weighted by Gasteiger charge is -2.61. The minimum Gasteiger partial charge on any atom is -0.481 e. The first kappa shape index (κ1) is 27.5. The van der Waals surface area contributed by atoms with Crippen LogP contribution in [0.25, 0.3) is 0 Å². The number of Topliss-reactive ketones (excluding diaryl/α,β-unsaturated/α-hetero) is 2. The van der Waals surface area contributed by atoms with Gasteiger partial charge >= 0.3 is 5.97 Å². The summed E-state index contributed by atoms with van der Waals surface area (Å²) in [6.45, 7) is 14.3. The Kier molecular flexibility index (Phi) is 6.69. The van der Waals surface area contributed by atoms with Gasteiger partial charge in [0, 0.05) is 30.3 Å². The van der Waals surface area contributed by atoms with E-state index in [0.717, 1.165) is 30.4 Å². The Hall–Kier alpha value is -1.53. The van der Waals surface area contributed by atoms with Crippen LogP contribution in [0.4, 0.5) is 0 Å². The number of aliphatic hydroxyl groups is 2. The first-order chi connectivity index (χ1) is 16.5. The fourth-order valence-corrected chi connectivity index (χ4v) is 9.45. The molecular weight excluding hydrogens is 456 g/mol. The van der Waals surface area contributed by atoms with E-state index < -0.39 is 28.8 Å². The molecule has 0 aromatic rings. The molecule has 202 valence electrons. The van der Waals surface area contributed by atoms with E-state index in [2.05, 4.69) is 34.6 Å². The highest BCUT2D eigenvalue weighted by Crippen LogP contribution is 2.71. The lowest BCUT2D eigenvalue weighted by molar-refractivity contribution is -0.143. The summed E-state index contributed by atoms with van der Waals surface area (Å²) in [5, 5.41) is 31.6. The molecule has 4 rings (SSSR count). The van der Waals surface area contributed by atoms with Gasteiger partial charge in [-0.05, 0) is 66.1 Å². The van der Waals surface area contributed by atoms with Crippen LogP contribution in [0, 0.1) is 45.3 Å². The molecule has 0 saturated heterocycles. The summed E-state index contributed by atoms with van der Waals surface area (Å²) in [7, 11) is 0. The Morgan fingerprint density at radius 2 is 1.64 bits per heavy atom. The molecule has 0 aromatic carbocycles. The third kappa shape index (κ3) is 3.68. The number of hydrogen-bond donors (Lipinski definition) is 3. The van der Waals surface area contributed by atoms with Gasteiger partial charge in [-0.25, -0.2) is 0 Å². The molecule has 9 atom stereocenters. The molecule has 0 radical (unpaired) electrons. The smallest absolute Gasteiger partial charge is 0.306 e. The average molecular weight is 503 g/mol. The molecule has 2 fully saturated rings. The molecule has 2 saturated carbocycles. The maximum atomic E-state index is 14.1. The van der Waals surface area contributed by atoms with E-state index in [9.17, 15) is 29.7 Å². The number of carboxylic acid groups (broad SMARTS) is 1. The van der Waals surface area contributed by atoms with Gasteiger partial charge in [0.15, 0.2) is 5.78 Å². The molecule has 0 unspecified atom stereocenters. The van der Waals surface area contributed by atoms with Gasteiger partial charge in [0.2, 0.25) is 0 Å². The van der Waals surface area contributed by atoms with Gasteiger partial charge in [-0.1, -0.05) is 54.0 Å². The molecule has 4 aliphatic carbocycles. The summed E-state index contributed by atoms with van der Waals surface area (Å²) in [4.78, 5) is 38.0. The van der Waals surface area contributed by atoms with Crippen molar-refractivity contribution in [3.05, 3.63) is 11.1 Å². The van der Waals surface area contributed by atoms with Crippen LogP contribution in [0.5, 0.6) is 0 Å². The Balaban J connectivity index is 1.69. The molecular formula is C30H46O6. The average Bonchev–Trinajstić information content (AvgIpc) is 2.97. The monoisotopic (exact) mass is 502 g/mol. The summed E-state index contributed by atoms with van der Waals surface area (Å²) >= 11 is 0. The van der Waals surface area contributed by atoms with Crippen molar-refractivity contribution in [2.24, 2.45) is 45.3 Å². The Morgan fingerprint density at radius 3 is 2.25 bits per heavy atom. The van der Waals surface area contributed by atoms with E-state index in [1.165, 1.54) is 0 Å². The van der Waals surface area contributed by atoms with Crippen LogP contribution in [0.15, 0.2) is 11.1 Å². The molecule has 0 heterocycles. The number of carbonyl (C=O) groups excluding carboxylic acids is 2. The van der Waals surface area contributed by atoms with Crippen molar-refractivity contribution in [1.29, 1.82) is 0 Å². The van der Waals surface area contributed by atoms with Crippen molar-refractivity contribution < 1.29 is 29.7 Å². The minimum absolute atomic E-state index is 0.00488. The first-order valence-corrected chi connectivity index (χ1v) is 13.9. The van der Waals surface area contributed by atoms with E-state index in [4.69, 9.17) is 0 Å². The summed E-state index contributed by atoms with van der Waals surface area (Å²) in [6, 6.07) is 0. The Bertz CT molecular complexity index is 995. The molecule has 0 aromatic heterocycles. The summed E-state index contributed by atoms with van der Waals surface area (Å²) < 4.78 is 0. The van der Waals surface area contributed by atoms with E-state index in [0.29, 0.717) is 19.3 Å². The zero-order valence-corrected chi connectivity index (χ0v) is 23.2. The van der Waals surface area contributed by atoms with Crippen LogP contribution in [0.1, 0.15) is 99.8 Å². The second-order valence-electron chi connectivity index (χ2n) is 14.0. The van der Waals surface area contributed by atoms with Crippen molar-refractivity contribution in [1.82, 2.24) is 0 Å². The number of carbonyl (C=O) groups is 3. The maximum Gasteiger partial charge on any atom is 0.306 e. The lowest BCUT2D eigenvalue weighted by atomic mass is 9.43. The molecule has 4 aliphatic rings. The number of rotatable bonds is 6. The van der Waals surface area contributed by atoms with Crippen LogP contribution in [0.3, 0.4) is 0 Å². The highest BCUT2D eigenvalue weighted by atomic mass is 16.4. The maximum absolute atomic E-state index is 14.1. The fraction of sp³-hybridized carbons (Fsp3) is 0.833. The second kappa shape index (κ2) is 8.76. The summed E-state index contributed by atoms with van der Waals surface area (Å²) in [6.07, 6.45) is 3.34. The molecule has 36 heavy (non-hydrogen) atoms.